The van der Waals surface area contributed by atoms with Crippen molar-refractivity contribution in [2.45, 2.75) is 25.8 Å². The van der Waals surface area contributed by atoms with Crippen molar-refractivity contribution < 1.29 is 4.92 Å². The van der Waals surface area contributed by atoms with Gasteiger partial charge in [-0.05, 0) is 25.8 Å². The van der Waals surface area contributed by atoms with Gasteiger partial charge in [-0.2, -0.15) is 15.3 Å². The number of nitrogens with zero attached hydrogens (tertiary/aromatic N) is 6. The molecule has 1 aromatic heterocycles. The number of aryl methyl sites for hydroxylation is 1. The first kappa shape index (κ1) is 15.7. The predicted molar refractivity (Wildman–Crippen MR) is 87.5 cm³/mol. The molecule has 0 atom stereocenters. The Morgan fingerprint density at radius 1 is 1.42 bits per heavy atom. The highest BCUT2D eigenvalue weighted by Crippen LogP contribution is 2.31. The second kappa shape index (κ2) is 6.16. The minimum atomic E-state index is -0.493. The van der Waals surface area contributed by atoms with Gasteiger partial charge in [0, 0.05) is 25.2 Å². The molecule has 3 rings (SSSR count). The van der Waals surface area contributed by atoms with Crippen molar-refractivity contribution in [2.75, 3.05) is 23.7 Å². The molecule has 1 aromatic carbocycles. The molecule has 0 bridgehead atoms. The van der Waals surface area contributed by atoms with Crippen molar-refractivity contribution in [1.82, 2.24) is 14.8 Å². The van der Waals surface area contributed by atoms with Crippen molar-refractivity contribution in [1.29, 1.82) is 5.26 Å². The zero-order chi connectivity index (χ0) is 17.3. The summed E-state index contributed by atoms with van der Waals surface area (Å²) >= 11 is 0. The lowest BCUT2D eigenvalue weighted by Crippen LogP contribution is -2.35. The van der Waals surface area contributed by atoms with Gasteiger partial charge in [0.25, 0.3) is 5.69 Å². The van der Waals surface area contributed by atoms with E-state index in [1.807, 2.05) is 6.07 Å². The topological polar surface area (TPSA) is 127 Å². The van der Waals surface area contributed by atoms with Crippen LogP contribution >= 0.6 is 0 Å². The molecule has 24 heavy (non-hydrogen) atoms. The third-order valence-electron chi connectivity index (χ3n) is 4.23. The van der Waals surface area contributed by atoms with Crippen LogP contribution in [-0.2, 0) is 0 Å². The summed E-state index contributed by atoms with van der Waals surface area (Å²) in [5.41, 5.74) is 6.85. The fourth-order valence-electron chi connectivity index (χ4n) is 3.07. The molecule has 2 N–H and O–H groups in total. The van der Waals surface area contributed by atoms with Crippen LogP contribution in [0.3, 0.4) is 0 Å². The SMILES string of the molecule is Cc1nc(N)n(C2CCN(c3ccc([N+](=O)[O-])cc3C#N)CC2)n1. The van der Waals surface area contributed by atoms with Gasteiger partial charge in [0.1, 0.15) is 11.9 Å². The van der Waals surface area contributed by atoms with Crippen molar-refractivity contribution in [3.63, 3.8) is 0 Å². The number of hydrogen-bond acceptors (Lipinski definition) is 7. The van der Waals surface area contributed by atoms with E-state index in [1.54, 1.807) is 17.7 Å². The maximum Gasteiger partial charge on any atom is 0.270 e. The molecule has 9 heteroatoms. The van der Waals surface area contributed by atoms with Crippen molar-refractivity contribution >= 4 is 17.3 Å². The number of anilines is 2. The number of aromatic nitrogens is 3. The highest BCUT2D eigenvalue weighted by Gasteiger charge is 2.25. The molecular formula is C15H17N7O2. The van der Waals surface area contributed by atoms with Crippen LogP contribution in [0.4, 0.5) is 17.3 Å². The molecule has 1 fully saturated rings. The number of rotatable bonds is 3. The maximum absolute atomic E-state index is 10.8. The Hall–Kier alpha value is -3.15. The molecular weight excluding hydrogens is 310 g/mol. The molecule has 0 saturated carbocycles. The lowest BCUT2D eigenvalue weighted by Gasteiger charge is -2.34. The summed E-state index contributed by atoms with van der Waals surface area (Å²) in [6, 6.07) is 6.62. The van der Waals surface area contributed by atoms with E-state index in [0.717, 1.165) is 31.6 Å². The number of nitrogen functional groups attached to an aromatic ring is 1. The second-order valence-electron chi connectivity index (χ2n) is 5.75. The number of hydrogen-bond donors (Lipinski definition) is 1. The summed E-state index contributed by atoms with van der Waals surface area (Å²) < 4.78 is 1.76. The monoisotopic (exact) mass is 327 g/mol. The van der Waals surface area contributed by atoms with Crippen molar-refractivity contribution in [3.05, 3.63) is 39.7 Å². The largest absolute Gasteiger partial charge is 0.370 e. The summed E-state index contributed by atoms with van der Waals surface area (Å²) in [5, 5.41) is 24.5. The molecule has 0 spiro atoms. The number of nitriles is 1. The summed E-state index contributed by atoms with van der Waals surface area (Å²) in [6.07, 6.45) is 1.63. The standard InChI is InChI=1S/C15H17N7O2/c1-10-18-15(17)21(19-10)12-4-6-20(7-5-12)14-3-2-13(22(23)24)8-11(14)9-16/h2-3,8,12H,4-7H2,1H3,(H2,17,18,19). The Morgan fingerprint density at radius 2 is 2.12 bits per heavy atom. The summed E-state index contributed by atoms with van der Waals surface area (Å²) in [4.78, 5) is 16.5. The van der Waals surface area contributed by atoms with Gasteiger partial charge in [-0.3, -0.25) is 10.1 Å². The predicted octanol–water partition coefficient (Wildman–Crippen LogP) is 1.79. The van der Waals surface area contributed by atoms with Gasteiger partial charge in [0.05, 0.1) is 22.2 Å². The second-order valence-corrected chi connectivity index (χ2v) is 5.75. The van der Waals surface area contributed by atoms with Crippen LogP contribution in [0.1, 0.15) is 30.3 Å². The zero-order valence-electron chi connectivity index (χ0n) is 13.2. The van der Waals surface area contributed by atoms with Crippen molar-refractivity contribution in [2.24, 2.45) is 0 Å². The summed E-state index contributed by atoms with van der Waals surface area (Å²) in [7, 11) is 0. The molecule has 0 radical (unpaired) electrons. The van der Waals surface area contributed by atoms with Crippen LogP contribution in [0.25, 0.3) is 0 Å². The smallest absolute Gasteiger partial charge is 0.270 e. The molecule has 2 heterocycles. The van der Waals surface area contributed by atoms with Gasteiger partial charge < -0.3 is 10.6 Å². The first-order valence-electron chi connectivity index (χ1n) is 7.61. The van der Waals surface area contributed by atoms with Gasteiger partial charge in [0.2, 0.25) is 5.95 Å². The van der Waals surface area contributed by atoms with E-state index >= 15 is 0 Å². The molecule has 0 aliphatic carbocycles. The number of nitro groups is 1. The van der Waals surface area contributed by atoms with E-state index in [4.69, 9.17) is 5.73 Å². The molecule has 2 aromatic rings. The molecule has 9 nitrogen and oxygen atoms in total. The van der Waals surface area contributed by atoms with Crippen LogP contribution in [0.15, 0.2) is 18.2 Å². The highest BCUT2D eigenvalue weighted by molar-refractivity contribution is 5.63. The van der Waals surface area contributed by atoms with E-state index in [1.165, 1.54) is 12.1 Å². The fourth-order valence-corrected chi connectivity index (χ4v) is 3.07. The first-order valence-corrected chi connectivity index (χ1v) is 7.61. The maximum atomic E-state index is 10.8. The zero-order valence-corrected chi connectivity index (χ0v) is 13.2. The molecule has 124 valence electrons. The van der Waals surface area contributed by atoms with E-state index < -0.39 is 4.92 Å². The van der Waals surface area contributed by atoms with Crippen LogP contribution in [0.2, 0.25) is 0 Å². The Labute approximate surface area is 138 Å². The fraction of sp³-hybridized carbons (Fsp3) is 0.400. The van der Waals surface area contributed by atoms with Gasteiger partial charge in [-0.25, -0.2) is 4.68 Å². The van der Waals surface area contributed by atoms with Crippen LogP contribution in [0, 0.1) is 28.4 Å². The Bertz CT molecular complexity index is 816. The minimum absolute atomic E-state index is 0.0731. The van der Waals surface area contributed by atoms with E-state index in [-0.39, 0.29) is 11.7 Å². The number of benzene rings is 1. The minimum Gasteiger partial charge on any atom is -0.370 e. The van der Waals surface area contributed by atoms with E-state index in [9.17, 15) is 15.4 Å². The number of non-ortho nitro benzene ring substituents is 1. The molecule has 1 aliphatic heterocycles. The highest BCUT2D eigenvalue weighted by atomic mass is 16.6. The van der Waals surface area contributed by atoms with Gasteiger partial charge >= 0.3 is 0 Å². The van der Waals surface area contributed by atoms with Gasteiger partial charge in [-0.1, -0.05) is 0 Å². The molecule has 1 saturated heterocycles. The molecule has 0 unspecified atom stereocenters. The van der Waals surface area contributed by atoms with E-state index in [2.05, 4.69) is 15.0 Å². The normalized spacial score (nSPS) is 15.2. The number of nitro benzene ring substituents is 1. The molecule has 1 aliphatic rings. The van der Waals surface area contributed by atoms with Crippen LogP contribution < -0.4 is 10.6 Å². The summed E-state index contributed by atoms with van der Waals surface area (Å²) in [6.45, 7) is 3.24. The first-order chi connectivity index (χ1) is 11.5. The van der Waals surface area contributed by atoms with Gasteiger partial charge in [0.15, 0.2) is 0 Å². The number of nitrogens with two attached hydrogens (primary N) is 1. The van der Waals surface area contributed by atoms with E-state index in [0.29, 0.717) is 17.3 Å². The van der Waals surface area contributed by atoms with Crippen molar-refractivity contribution in [3.8, 4) is 6.07 Å². The number of piperidine rings is 1. The Balaban J connectivity index is 1.76. The summed E-state index contributed by atoms with van der Waals surface area (Å²) in [5.74, 6) is 1.07. The quantitative estimate of drug-likeness (QED) is 0.672. The van der Waals surface area contributed by atoms with Gasteiger partial charge in [-0.15, -0.1) is 0 Å². The Morgan fingerprint density at radius 3 is 2.67 bits per heavy atom. The lowest BCUT2D eigenvalue weighted by molar-refractivity contribution is -0.384. The third kappa shape index (κ3) is 2.86. The van der Waals surface area contributed by atoms with Crippen LogP contribution in [-0.4, -0.2) is 32.8 Å². The third-order valence-corrected chi connectivity index (χ3v) is 4.23. The molecule has 0 amide bonds. The van der Waals surface area contributed by atoms with Crippen LogP contribution in [0.5, 0.6) is 0 Å². The average molecular weight is 327 g/mol. The lowest BCUT2D eigenvalue weighted by atomic mass is 10.0. The average Bonchev–Trinajstić information content (AvgIpc) is 2.92. The Kier molecular flexibility index (Phi) is 4.04.